The maximum Gasteiger partial charge on any atom is 0.0827 e. The molecular weight excluding hydrogens is 260 g/mol. The van der Waals surface area contributed by atoms with Crippen LogP contribution in [0.5, 0.6) is 0 Å². The van der Waals surface area contributed by atoms with Gasteiger partial charge in [0.1, 0.15) is 0 Å². The summed E-state index contributed by atoms with van der Waals surface area (Å²) in [5.41, 5.74) is 1.37. The van der Waals surface area contributed by atoms with Crippen molar-refractivity contribution in [3.05, 3.63) is 35.9 Å². The van der Waals surface area contributed by atoms with E-state index in [1.807, 2.05) is 30.3 Å². The third-order valence-corrected chi connectivity index (χ3v) is 5.08. The molecule has 0 spiro atoms. The molecular formula is C18H30N2O. The molecule has 118 valence electrons. The third kappa shape index (κ3) is 3.85. The van der Waals surface area contributed by atoms with E-state index in [0.29, 0.717) is 5.54 Å². The highest BCUT2D eigenvalue weighted by molar-refractivity contribution is 5.17. The molecule has 21 heavy (non-hydrogen) atoms. The zero-order valence-corrected chi connectivity index (χ0v) is 13.9. The Morgan fingerprint density at radius 3 is 2.24 bits per heavy atom. The van der Waals surface area contributed by atoms with Crippen LogP contribution >= 0.6 is 0 Å². The van der Waals surface area contributed by atoms with E-state index in [-0.39, 0.29) is 12.0 Å². The smallest absolute Gasteiger partial charge is 0.0827 e. The van der Waals surface area contributed by atoms with E-state index in [1.165, 1.54) is 19.3 Å². The van der Waals surface area contributed by atoms with Gasteiger partial charge in [0.2, 0.25) is 0 Å². The van der Waals surface area contributed by atoms with Crippen molar-refractivity contribution < 1.29 is 5.11 Å². The molecule has 0 aliphatic heterocycles. The van der Waals surface area contributed by atoms with Gasteiger partial charge in [0.15, 0.2) is 0 Å². The first-order valence-electron chi connectivity index (χ1n) is 8.03. The summed E-state index contributed by atoms with van der Waals surface area (Å²) < 4.78 is 0. The SMILES string of the molecule is CC(CN(C)CC1(N(C)C)CCC1)C(O)c1ccccc1. The predicted molar refractivity (Wildman–Crippen MR) is 88.3 cm³/mol. The summed E-state index contributed by atoms with van der Waals surface area (Å²) in [4.78, 5) is 4.77. The third-order valence-electron chi connectivity index (χ3n) is 5.08. The Balaban J connectivity index is 1.88. The Kier molecular flexibility index (Phi) is 5.42. The number of benzene rings is 1. The largest absolute Gasteiger partial charge is 0.388 e. The Morgan fingerprint density at radius 1 is 1.14 bits per heavy atom. The number of likely N-dealkylation sites (N-methyl/N-ethyl adjacent to an activating group) is 2. The standard InChI is InChI=1S/C18H30N2O/c1-15(17(21)16-9-6-5-7-10-16)13-20(4)14-18(19(2)3)11-8-12-18/h5-7,9-10,15,17,21H,8,11-14H2,1-4H3. The first kappa shape index (κ1) is 16.5. The highest BCUT2D eigenvalue weighted by atomic mass is 16.3. The van der Waals surface area contributed by atoms with E-state index in [2.05, 4.69) is 37.9 Å². The van der Waals surface area contributed by atoms with Crippen molar-refractivity contribution in [2.45, 2.75) is 37.8 Å². The topological polar surface area (TPSA) is 26.7 Å². The summed E-state index contributed by atoms with van der Waals surface area (Å²) in [5, 5.41) is 10.5. The van der Waals surface area contributed by atoms with E-state index >= 15 is 0 Å². The summed E-state index contributed by atoms with van der Waals surface area (Å²) in [6.07, 6.45) is 3.54. The molecule has 1 saturated carbocycles. The fraction of sp³-hybridized carbons (Fsp3) is 0.667. The average Bonchev–Trinajstić information content (AvgIpc) is 2.42. The maximum absolute atomic E-state index is 10.5. The zero-order chi connectivity index (χ0) is 15.5. The Bertz CT molecular complexity index is 428. The van der Waals surface area contributed by atoms with Gasteiger partial charge < -0.3 is 14.9 Å². The molecule has 0 bridgehead atoms. The molecule has 0 saturated heterocycles. The second-order valence-corrected chi connectivity index (χ2v) is 7.00. The van der Waals surface area contributed by atoms with Crippen molar-refractivity contribution in [2.24, 2.45) is 5.92 Å². The second-order valence-electron chi connectivity index (χ2n) is 7.00. The lowest BCUT2D eigenvalue weighted by molar-refractivity contribution is 0.0151. The first-order valence-corrected chi connectivity index (χ1v) is 8.03. The van der Waals surface area contributed by atoms with Crippen LogP contribution in [0.1, 0.15) is 37.9 Å². The molecule has 1 fully saturated rings. The number of hydrogen-bond donors (Lipinski definition) is 1. The minimum atomic E-state index is -0.384. The number of aliphatic hydroxyl groups is 1. The van der Waals surface area contributed by atoms with Gasteiger partial charge in [-0.05, 0) is 51.9 Å². The number of rotatable bonds is 7. The molecule has 1 aliphatic rings. The van der Waals surface area contributed by atoms with Crippen LogP contribution in [0.15, 0.2) is 30.3 Å². The minimum absolute atomic E-state index is 0.233. The van der Waals surface area contributed by atoms with Gasteiger partial charge in [0, 0.05) is 18.6 Å². The van der Waals surface area contributed by atoms with Crippen molar-refractivity contribution in [3.8, 4) is 0 Å². The summed E-state index contributed by atoms with van der Waals surface area (Å²) in [6, 6.07) is 9.99. The van der Waals surface area contributed by atoms with E-state index in [0.717, 1.165) is 18.7 Å². The predicted octanol–water partition coefficient (Wildman–Crippen LogP) is 2.77. The van der Waals surface area contributed by atoms with E-state index in [4.69, 9.17) is 0 Å². The normalized spacial score (nSPS) is 20.3. The van der Waals surface area contributed by atoms with Crippen molar-refractivity contribution in [2.75, 3.05) is 34.2 Å². The Hall–Kier alpha value is -0.900. The number of aliphatic hydroxyl groups excluding tert-OH is 1. The zero-order valence-electron chi connectivity index (χ0n) is 13.9. The summed E-state index contributed by atoms with van der Waals surface area (Å²) in [6.45, 7) is 4.15. The fourth-order valence-electron chi connectivity index (χ4n) is 3.47. The summed E-state index contributed by atoms with van der Waals surface area (Å²) in [5.74, 6) is 0.233. The van der Waals surface area contributed by atoms with E-state index in [9.17, 15) is 5.11 Å². The molecule has 2 atom stereocenters. The van der Waals surface area contributed by atoms with Gasteiger partial charge in [-0.1, -0.05) is 37.3 Å². The second kappa shape index (κ2) is 6.91. The van der Waals surface area contributed by atoms with Gasteiger partial charge in [-0.25, -0.2) is 0 Å². The molecule has 1 aromatic carbocycles. The molecule has 2 rings (SSSR count). The van der Waals surface area contributed by atoms with Crippen molar-refractivity contribution in [1.82, 2.24) is 9.80 Å². The molecule has 0 heterocycles. The minimum Gasteiger partial charge on any atom is -0.388 e. The molecule has 3 nitrogen and oxygen atoms in total. The summed E-state index contributed by atoms with van der Waals surface area (Å²) >= 11 is 0. The van der Waals surface area contributed by atoms with Crippen LogP contribution in [0, 0.1) is 5.92 Å². The van der Waals surface area contributed by atoms with Crippen LogP contribution in [0.25, 0.3) is 0 Å². The molecule has 1 N–H and O–H groups in total. The Labute approximate surface area is 129 Å². The van der Waals surface area contributed by atoms with E-state index < -0.39 is 0 Å². The maximum atomic E-state index is 10.5. The number of nitrogens with zero attached hydrogens (tertiary/aromatic N) is 2. The van der Waals surface area contributed by atoms with Gasteiger partial charge in [0.25, 0.3) is 0 Å². The molecule has 3 heteroatoms. The first-order chi connectivity index (χ1) is 9.94. The molecule has 1 aromatic rings. The van der Waals surface area contributed by atoms with Crippen LogP contribution in [-0.4, -0.2) is 54.7 Å². The van der Waals surface area contributed by atoms with Crippen molar-refractivity contribution in [3.63, 3.8) is 0 Å². The fourth-order valence-corrected chi connectivity index (χ4v) is 3.47. The lowest BCUT2D eigenvalue weighted by atomic mass is 9.75. The van der Waals surface area contributed by atoms with Crippen LogP contribution in [0.4, 0.5) is 0 Å². The van der Waals surface area contributed by atoms with Gasteiger partial charge >= 0.3 is 0 Å². The summed E-state index contributed by atoms with van der Waals surface area (Å²) in [7, 11) is 6.56. The van der Waals surface area contributed by atoms with Gasteiger partial charge in [0.05, 0.1) is 6.10 Å². The van der Waals surface area contributed by atoms with Crippen LogP contribution < -0.4 is 0 Å². The van der Waals surface area contributed by atoms with Gasteiger partial charge in [-0.15, -0.1) is 0 Å². The van der Waals surface area contributed by atoms with Crippen molar-refractivity contribution >= 4 is 0 Å². The van der Waals surface area contributed by atoms with Crippen LogP contribution in [0.2, 0.25) is 0 Å². The monoisotopic (exact) mass is 290 g/mol. The molecule has 2 unspecified atom stereocenters. The van der Waals surface area contributed by atoms with Crippen LogP contribution in [-0.2, 0) is 0 Å². The molecule has 1 aliphatic carbocycles. The Morgan fingerprint density at radius 2 is 1.76 bits per heavy atom. The van der Waals surface area contributed by atoms with E-state index in [1.54, 1.807) is 0 Å². The lowest BCUT2D eigenvalue weighted by Crippen LogP contribution is -2.57. The van der Waals surface area contributed by atoms with Crippen LogP contribution in [0.3, 0.4) is 0 Å². The number of hydrogen-bond acceptors (Lipinski definition) is 3. The van der Waals surface area contributed by atoms with Gasteiger partial charge in [-0.3, -0.25) is 0 Å². The highest BCUT2D eigenvalue weighted by Crippen LogP contribution is 2.37. The average molecular weight is 290 g/mol. The molecule has 0 radical (unpaired) electrons. The lowest BCUT2D eigenvalue weighted by Gasteiger charge is -2.49. The van der Waals surface area contributed by atoms with Gasteiger partial charge in [-0.2, -0.15) is 0 Å². The molecule has 0 amide bonds. The van der Waals surface area contributed by atoms with Crippen molar-refractivity contribution in [1.29, 1.82) is 0 Å². The highest BCUT2D eigenvalue weighted by Gasteiger charge is 2.40. The molecule has 0 aromatic heterocycles. The quantitative estimate of drug-likeness (QED) is 0.836.